The van der Waals surface area contributed by atoms with Gasteiger partial charge in [0.15, 0.2) is 0 Å². The van der Waals surface area contributed by atoms with E-state index in [9.17, 15) is 14.4 Å². The van der Waals surface area contributed by atoms with Gasteiger partial charge in [-0.1, -0.05) is 31.4 Å². The molecule has 319 valence electrons. The van der Waals surface area contributed by atoms with Gasteiger partial charge in [0.2, 0.25) is 6.41 Å². The number of primary amides is 1. The number of hydrogen-bond donors (Lipinski definition) is 2. The maximum atomic E-state index is 12.1. The number of esters is 3. The summed E-state index contributed by atoms with van der Waals surface area (Å²) in [4.78, 5) is 48.7. The summed E-state index contributed by atoms with van der Waals surface area (Å²) in [7, 11) is 0. The molecule has 0 atom stereocenters. The van der Waals surface area contributed by atoms with E-state index in [0.717, 1.165) is 5.57 Å². The first-order chi connectivity index (χ1) is 25.3. The van der Waals surface area contributed by atoms with E-state index in [1.54, 1.807) is 73.6 Å². The summed E-state index contributed by atoms with van der Waals surface area (Å²) >= 11 is 0. The Balaban J connectivity index is -0.000000858. The van der Waals surface area contributed by atoms with Crippen LogP contribution in [-0.2, 0) is 94.7 Å². The summed E-state index contributed by atoms with van der Waals surface area (Å²) in [6.45, 7) is 24.1. The first kappa shape index (κ1) is 59.6. The first-order valence-electron chi connectivity index (χ1n) is 17.9. The van der Waals surface area contributed by atoms with E-state index in [1.807, 2.05) is 0 Å². The van der Waals surface area contributed by atoms with Crippen LogP contribution in [0.3, 0.4) is 0 Å². The number of amides is 1. The second-order valence-corrected chi connectivity index (χ2v) is 13.9. The van der Waals surface area contributed by atoms with Crippen molar-refractivity contribution in [2.24, 2.45) is 11.1 Å². The third-order valence-corrected chi connectivity index (χ3v) is 6.00. The third-order valence-electron chi connectivity index (χ3n) is 6.00. The number of rotatable bonds is 28. The predicted molar refractivity (Wildman–Crippen MR) is 204 cm³/mol. The molecule has 0 fully saturated rings. The number of allylic oxidation sites excluding steroid dienone is 2. The minimum Gasteiger partial charge on any atom is -0.676 e. The van der Waals surface area contributed by atoms with E-state index in [0.29, 0.717) is 32.8 Å². The van der Waals surface area contributed by atoms with Crippen molar-refractivity contribution in [3.63, 3.8) is 0 Å². The van der Waals surface area contributed by atoms with Crippen LogP contribution in [0.25, 0.3) is 5.73 Å². The average Bonchev–Trinajstić information content (AvgIpc) is 3.05. The minimum atomic E-state index is -0.703. The summed E-state index contributed by atoms with van der Waals surface area (Å²) in [6.07, 6.45) is 5.68. The van der Waals surface area contributed by atoms with E-state index in [2.05, 4.69) is 23.8 Å². The molecule has 0 unspecified atom stereocenters. The summed E-state index contributed by atoms with van der Waals surface area (Å²) in [5.41, 5.74) is 10.2. The fourth-order valence-corrected chi connectivity index (χ4v) is 3.86. The number of nitrogens with one attached hydrogen (secondary N) is 1. The standard InChI is InChI=1S/C30H56NO11.C7H10O2.CH3NO.Y/c1-24(2)40-25(32)9-14-37-21-30(12-17-35-19-20-36-18-13-31,22-38-15-10-26(33)41-28(3,4)5)23-39-16-11-27(34)42-29(6,7)8;1-3-5-7(4-2)6-9-8;2-1-3;/h24,31H,9-23H2,1-8H3;3-5,8H,1-2,6H2;1H,(H2,2,3);/q-1;;;/b;7-5+;;. The smallest absolute Gasteiger partial charge is 0.308 e. The molecule has 0 aromatic carbocycles. The number of hydrogen-bond acceptors (Lipinski definition) is 14. The molecule has 4 N–H and O–H groups in total. The zero-order valence-corrected chi connectivity index (χ0v) is 37.4. The van der Waals surface area contributed by atoms with Crippen molar-refractivity contribution in [2.45, 2.75) is 98.4 Å². The van der Waals surface area contributed by atoms with Gasteiger partial charge in [-0.05, 0) is 67.4 Å². The summed E-state index contributed by atoms with van der Waals surface area (Å²) in [5.74, 6) is -1.08. The maximum Gasteiger partial charge on any atom is 0.308 e. The molecule has 17 heteroatoms. The normalized spacial score (nSPS) is 11.5. The number of carbonyl (C=O) groups excluding carboxylic acids is 4. The molecule has 0 saturated carbocycles. The van der Waals surface area contributed by atoms with Crippen LogP contribution in [0, 0.1) is 5.41 Å². The molecule has 55 heavy (non-hydrogen) atoms. The van der Waals surface area contributed by atoms with Crippen LogP contribution >= 0.6 is 0 Å². The SMILES string of the molecule is C=C/C=C(\C=C)COO.CC(C)OC(=O)CCOCC(CCOCCOCC[NH-])(COCCC(=O)OC(C)(C)C)COCCC(=O)OC(C)(C)C.NC=O.[Y]. The van der Waals surface area contributed by atoms with E-state index < -0.39 is 16.6 Å². The molecule has 0 bridgehead atoms. The van der Waals surface area contributed by atoms with E-state index in [1.165, 1.54) is 0 Å². The minimum absolute atomic E-state index is 0. The van der Waals surface area contributed by atoms with Crippen molar-refractivity contribution in [3.8, 4) is 0 Å². The van der Waals surface area contributed by atoms with Crippen LogP contribution in [0.1, 0.15) is 81.1 Å². The van der Waals surface area contributed by atoms with Gasteiger partial charge in [-0.2, -0.15) is 0 Å². The molecular formula is C38H69N2O14Y-. The Labute approximate surface area is 354 Å². The van der Waals surface area contributed by atoms with Crippen LogP contribution in [0.2, 0.25) is 0 Å². The Morgan fingerprint density at radius 1 is 0.727 bits per heavy atom. The van der Waals surface area contributed by atoms with E-state index >= 15 is 0 Å². The van der Waals surface area contributed by atoms with Gasteiger partial charge in [-0.15, -0.1) is 6.54 Å². The molecule has 0 aromatic heterocycles. The number of nitrogens with two attached hydrogens (primary N) is 1. The van der Waals surface area contributed by atoms with Gasteiger partial charge in [0, 0.05) is 51.3 Å². The maximum absolute atomic E-state index is 12.1. The Morgan fingerprint density at radius 2 is 1.15 bits per heavy atom. The van der Waals surface area contributed by atoms with Crippen LogP contribution in [0.15, 0.2) is 37.0 Å². The summed E-state index contributed by atoms with van der Waals surface area (Å²) < 4.78 is 44.7. The third kappa shape index (κ3) is 44.5. The molecule has 16 nitrogen and oxygen atoms in total. The van der Waals surface area contributed by atoms with Gasteiger partial charge in [0.25, 0.3) is 0 Å². The van der Waals surface area contributed by atoms with Gasteiger partial charge >= 0.3 is 17.9 Å². The molecule has 0 spiro atoms. The number of carbonyl (C=O) groups is 4. The molecule has 0 heterocycles. The molecule has 0 aliphatic carbocycles. The second kappa shape index (κ2) is 37.5. The van der Waals surface area contributed by atoms with Gasteiger partial charge < -0.3 is 49.4 Å². The van der Waals surface area contributed by atoms with Crippen molar-refractivity contribution in [3.05, 3.63) is 42.7 Å². The van der Waals surface area contributed by atoms with Gasteiger partial charge in [-0.25, -0.2) is 4.89 Å². The molecular weight excluding hydrogens is 797 g/mol. The Bertz CT molecular complexity index is 1010. The van der Waals surface area contributed by atoms with Crippen LogP contribution in [-0.4, -0.2) is 126 Å². The van der Waals surface area contributed by atoms with E-state index in [4.69, 9.17) is 53.7 Å². The topological polar surface area (TPSA) is 221 Å². The molecule has 0 aliphatic heterocycles. The molecule has 0 rings (SSSR count). The fraction of sp³-hybridized carbons (Fsp3) is 0.737. The number of ether oxygens (including phenoxy) is 8. The monoisotopic (exact) mass is 866 g/mol. The van der Waals surface area contributed by atoms with Gasteiger partial charge in [0.05, 0.1) is 78.2 Å². The quantitative estimate of drug-likeness (QED) is 0.0197. The van der Waals surface area contributed by atoms with Crippen LogP contribution in [0.4, 0.5) is 0 Å². The molecule has 1 radical (unpaired) electrons. The Kier molecular flexibility index (Phi) is 40.6. The van der Waals surface area contributed by atoms with Crippen molar-refractivity contribution >= 4 is 24.3 Å². The zero-order chi connectivity index (χ0) is 41.9. The summed E-state index contributed by atoms with van der Waals surface area (Å²) in [6, 6.07) is 0. The van der Waals surface area contributed by atoms with E-state index in [-0.39, 0.29) is 135 Å². The van der Waals surface area contributed by atoms with Crippen molar-refractivity contribution in [2.75, 3.05) is 79.2 Å². The van der Waals surface area contributed by atoms with Crippen molar-refractivity contribution in [1.29, 1.82) is 0 Å². The second-order valence-electron chi connectivity index (χ2n) is 13.9. The van der Waals surface area contributed by atoms with Gasteiger partial charge in [-0.3, -0.25) is 24.4 Å². The fourth-order valence-electron chi connectivity index (χ4n) is 3.86. The van der Waals surface area contributed by atoms with Crippen molar-refractivity contribution in [1.82, 2.24) is 0 Å². The Hall–Kier alpha value is -2.12. The van der Waals surface area contributed by atoms with Crippen molar-refractivity contribution < 1.29 is 99.9 Å². The molecule has 0 saturated heterocycles. The molecule has 0 aliphatic rings. The van der Waals surface area contributed by atoms with Gasteiger partial charge in [0.1, 0.15) is 17.8 Å². The summed E-state index contributed by atoms with van der Waals surface area (Å²) in [5, 5.41) is 7.97. The predicted octanol–water partition coefficient (Wildman–Crippen LogP) is 5.18. The van der Waals surface area contributed by atoms with Crippen LogP contribution in [0.5, 0.6) is 0 Å². The zero-order valence-electron chi connectivity index (χ0n) is 34.5. The average molecular weight is 867 g/mol. The molecule has 1 amide bonds. The Morgan fingerprint density at radius 3 is 1.49 bits per heavy atom. The van der Waals surface area contributed by atoms with Crippen LogP contribution < -0.4 is 5.73 Å². The first-order valence-corrected chi connectivity index (χ1v) is 17.9. The molecule has 0 aromatic rings. The largest absolute Gasteiger partial charge is 0.676 e.